The van der Waals surface area contributed by atoms with E-state index in [9.17, 15) is 9.50 Å². The van der Waals surface area contributed by atoms with Crippen LogP contribution >= 0.6 is 24.8 Å². The van der Waals surface area contributed by atoms with Gasteiger partial charge in [-0.05, 0) is 24.8 Å². The van der Waals surface area contributed by atoms with Crippen molar-refractivity contribution in [2.45, 2.75) is 25.3 Å². The van der Waals surface area contributed by atoms with Crippen molar-refractivity contribution in [1.29, 1.82) is 0 Å². The first-order chi connectivity index (χ1) is 9.25. The van der Waals surface area contributed by atoms with Crippen molar-refractivity contribution in [1.82, 2.24) is 10.2 Å². The third-order valence-electron chi connectivity index (χ3n) is 4.44. The second-order valence-corrected chi connectivity index (χ2v) is 5.63. The first-order valence-corrected chi connectivity index (χ1v) is 7.19. The number of nitrogens with zero attached hydrogens (tertiary/aromatic N) is 1. The van der Waals surface area contributed by atoms with Crippen molar-refractivity contribution in [3.63, 3.8) is 0 Å². The molecule has 1 atom stereocenters. The molecule has 1 saturated carbocycles. The molecule has 1 saturated heterocycles. The molecule has 2 aliphatic rings. The summed E-state index contributed by atoms with van der Waals surface area (Å²) in [6, 6.07) is 4.78. The molecule has 0 unspecified atom stereocenters. The lowest BCUT2D eigenvalue weighted by Gasteiger charge is -2.43. The Bertz CT molecular complexity index is 451. The lowest BCUT2D eigenvalue weighted by molar-refractivity contribution is 0.0811. The largest absolute Gasteiger partial charge is 0.508 e. The smallest absolute Gasteiger partial charge is 0.131 e. The summed E-state index contributed by atoms with van der Waals surface area (Å²) in [5.74, 6) is 0.307. The highest BCUT2D eigenvalue weighted by Gasteiger charge is 2.34. The summed E-state index contributed by atoms with van der Waals surface area (Å²) in [5.41, 5.74) is 0.754. The summed E-state index contributed by atoms with van der Waals surface area (Å²) >= 11 is 0. The minimum Gasteiger partial charge on any atom is -0.508 e. The minimum atomic E-state index is -0.268. The summed E-state index contributed by atoms with van der Waals surface area (Å²) in [4.78, 5) is 2.40. The summed E-state index contributed by atoms with van der Waals surface area (Å²) in [5, 5.41) is 12.7. The van der Waals surface area contributed by atoms with Gasteiger partial charge in [0.05, 0.1) is 0 Å². The van der Waals surface area contributed by atoms with Crippen molar-refractivity contribution in [3.8, 4) is 5.75 Å². The molecule has 0 amide bonds. The molecule has 2 fully saturated rings. The second kappa shape index (κ2) is 8.18. The van der Waals surface area contributed by atoms with Crippen LogP contribution in [0.25, 0.3) is 0 Å². The molecule has 6 heteroatoms. The number of phenols is 1. The number of phenolic OH excluding ortho intramolecular Hbond substituents is 1. The van der Waals surface area contributed by atoms with Crippen LogP contribution in [0.5, 0.6) is 5.75 Å². The fourth-order valence-electron chi connectivity index (χ4n) is 3.22. The molecule has 3 nitrogen and oxygen atoms in total. The van der Waals surface area contributed by atoms with Gasteiger partial charge in [-0.1, -0.05) is 12.5 Å². The van der Waals surface area contributed by atoms with Crippen molar-refractivity contribution < 1.29 is 9.50 Å². The van der Waals surface area contributed by atoms with Gasteiger partial charge in [0.25, 0.3) is 0 Å². The maximum Gasteiger partial charge on any atom is 0.131 e. The highest BCUT2D eigenvalue weighted by Crippen LogP contribution is 2.42. The van der Waals surface area contributed by atoms with E-state index in [1.807, 2.05) is 0 Å². The van der Waals surface area contributed by atoms with Crippen LogP contribution in [-0.4, -0.2) is 36.2 Å². The lowest BCUT2D eigenvalue weighted by atomic mass is 9.76. The Balaban J connectivity index is 0.00000110. The average Bonchev–Trinajstić information content (AvgIpc) is 2.35. The number of rotatable bonds is 3. The fraction of sp³-hybridized carbons (Fsp3) is 0.600. The molecule has 1 aromatic rings. The molecule has 21 heavy (non-hydrogen) atoms. The quantitative estimate of drug-likeness (QED) is 0.890. The van der Waals surface area contributed by atoms with Gasteiger partial charge in [-0.15, -0.1) is 24.8 Å². The van der Waals surface area contributed by atoms with Gasteiger partial charge in [0.15, 0.2) is 0 Å². The maximum absolute atomic E-state index is 14.2. The van der Waals surface area contributed by atoms with E-state index in [0.717, 1.165) is 31.7 Å². The van der Waals surface area contributed by atoms with Crippen LogP contribution in [0.2, 0.25) is 0 Å². The van der Waals surface area contributed by atoms with Gasteiger partial charge in [-0.3, -0.25) is 4.90 Å². The van der Waals surface area contributed by atoms with Crippen LogP contribution in [0.1, 0.15) is 30.9 Å². The number of hydrogen-bond donors (Lipinski definition) is 2. The molecular weight excluding hydrogens is 314 g/mol. The monoisotopic (exact) mass is 336 g/mol. The third-order valence-corrected chi connectivity index (χ3v) is 4.44. The first kappa shape index (κ1) is 18.5. The molecule has 1 heterocycles. The summed E-state index contributed by atoms with van der Waals surface area (Å²) in [6.45, 7) is 3.90. The van der Waals surface area contributed by atoms with Crippen LogP contribution in [0.15, 0.2) is 18.2 Å². The van der Waals surface area contributed by atoms with E-state index in [2.05, 4.69) is 10.2 Å². The van der Waals surface area contributed by atoms with E-state index in [1.54, 1.807) is 12.1 Å². The van der Waals surface area contributed by atoms with Crippen LogP contribution in [-0.2, 0) is 0 Å². The topological polar surface area (TPSA) is 35.5 Å². The summed E-state index contributed by atoms with van der Waals surface area (Å²) in [6.07, 6.45) is 3.64. The number of aromatic hydroxyl groups is 1. The Morgan fingerprint density at radius 3 is 2.38 bits per heavy atom. The van der Waals surface area contributed by atoms with Gasteiger partial charge in [0, 0.05) is 43.9 Å². The summed E-state index contributed by atoms with van der Waals surface area (Å²) in [7, 11) is 0. The highest BCUT2D eigenvalue weighted by atomic mass is 35.5. The first-order valence-electron chi connectivity index (χ1n) is 7.19. The molecule has 0 bridgehead atoms. The normalized spacial score (nSPS) is 20.8. The molecule has 1 aromatic carbocycles. The van der Waals surface area contributed by atoms with E-state index < -0.39 is 0 Å². The summed E-state index contributed by atoms with van der Waals surface area (Å²) < 4.78 is 14.2. The van der Waals surface area contributed by atoms with E-state index in [1.165, 1.54) is 25.3 Å². The zero-order valence-electron chi connectivity index (χ0n) is 11.9. The van der Waals surface area contributed by atoms with Crippen LogP contribution in [0.3, 0.4) is 0 Å². The van der Waals surface area contributed by atoms with Crippen molar-refractivity contribution in [2.24, 2.45) is 5.92 Å². The van der Waals surface area contributed by atoms with E-state index in [0.29, 0.717) is 5.92 Å². The number of nitrogens with one attached hydrogen (secondary N) is 1. The Morgan fingerprint density at radius 1 is 1.19 bits per heavy atom. The number of hydrogen-bond acceptors (Lipinski definition) is 3. The fourth-order valence-corrected chi connectivity index (χ4v) is 3.22. The second-order valence-electron chi connectivity index (χ2n) is 5.63. The van der Waals surface area contributed by atoms with Gasteiger partial charge in [-0.2, -0.15) is 0 Å². The van der Waals surface area contributed by atoms with Crippen molar-refractivity contribution in [3.05, 3.63) is 29.6 Å². The van der Waals surface area contributed by atoms with Crippen molar-refractivity contribution in [2.75, 3.05) is 26.2 Å². The van der Waals surface area contributed by atoms with Crippen LogP contribution < -0.4 is 5.32 Å². The zero-order chi connectivity index (χ0) is 13.2. The predicted octanol–water partition coefficient (Wildman–Crippen LogP) is 3.12. The van der Waals surface area contributed by atoms with Crippen molar-refractivity contribution >= 4 is 24.8 Å². The zero-order valence-corrected chi connectivity index (χ0v) is 13.6. The SMILES string of the molecule is Cl.Cl.Oc1ccc([C@H](C2CCC2)N2CCNCC2)c(F)c1. The highest BCUT2D eigenvalue weighted by molar-refractivity contribution is 5.85. The van der Waals surface area contributed by atoms with Gasteiger partial charge in [0.1, 0.15) is 11.6 Å². The van der Waals surface area contributed by atoms with E-state index >= 15 is 0 Å². The molecular formula is C15H23Cl2FN2O. The van der Waals surface area contributed by atoms with E-state index in [-0.39, 0.29) is 42.4 Å². The molecule has 3 rings (SSSR count). The molecule has 1 aliphatic carbocycles. The Kier molecular flexibility index (Phi) is 7.21. The molecule has 0 spiro atoms. The van der Waals surface area contributed by atoms with Gasteiger partial charge >= 0.3 is 0 Å². The molecule has 2 N–H and O–H groups in total. The molecule has 0 aromatic heterocycles. The number of benzene rings is 1. The molecule has 0 radical (unpaired) electrons. The predicted molar refractivity (Wildman–Crippen MR) is 87.1 cm³/mol. The van der Waals surface area contributed by atoms with Gasteiger partial charge in [-0.25, -0.2) is 4.39 Å². The van der Waals surface area contributed by atoms with Gasteiger partial charge in [0.2, 0.25) is 0 Å². The Hall–Kier alpha value is -0.550. The van der Waals surface area contributed by atoms with E-state index in [4.69, 9.17) is 0 Å². The van der Waals surface area contributed by atoms with Gasteiger partial charge < -0.3 is 10.4 Å². The maximum atomic E-state index is 14.2. The average molecular weight is 337 g/mol. The molecule has 1 aliphatic heterocycles. The van der Waals surface area contributed by atoms with Crippen LogP contribution in [0.4, 0.5) is 4.39 Å². The Labute approximate surface area is 137 Å². The standard InChI is InChI=1S/C15H21FN2O.2ClH/c16-14-10-12(19)4-5-13(14)15(11-2-1-3-11)18-8-6-17-7-9-18;;/h4-5,10-11,15,17,19H,1-3,6-9H2;2*1H/t15-;;/m0../s1. The Morgan fingerprint density at radius 2 is 1.86 bits per heavy atom. The third kappa shape index (κ3) is 4.01. The molecule has 120 valence electrons. The lowest BCUT2D eigenvalue weighted by Crippen LogP contribution is -2.48. The number of halogens is 3. The van der Waals surface area contributed by atoms with Crippen LogP contribution in [0, 0.1) is 11.7 Å². The minimum absolute atomic E-state index is 0. The number of piperazine rings is 1.